The van der Waals surface area contributed by atoms with Crippen molar-refractivity contribution in [2.75, 3.05) is 37.7 Å². The Balaban J connectivity index is 0.00000289. The number of Topliss-reactive ketones (excluding diaryl/α,β-unsaturated/α-hetero) is 1. The second-order valence-electron chi connectivity index (χ2n) is 8.65. The number of carbonyl (C=O) groups excluding carboxylic acids is 1. The number of nitrogens with two attached hydrogens (primary N) is 1. The fraction of sp³-hybridized carbons (Fsp3) is 0.423. The molecule has 0 atom stereocenters. The Kier molecular flexibility index (Phi) is 7.80. The van der Waals surface area contributed by atoms with Crippen LogP contribution in [0.25, 0.3) is 10.8 Å². The van der Waals surface area contributed by atoms with E-state index in [0.717, 1.165) is 47.5 Å². The van der Waals surface area contributed by atoms with Crippen molar-refractivity contribution in [3.05, 3.63) is 59.4 Å². The van der Waals surface area contributed by atoms with Gasteiger partial charge in [0.25, 0.3) is 0 Å². The van der Waals surface area contributed by atoms with Gasteiger partial charge in [-0.2, -0.15) is 0 Å². The number of aromatic nitrogens is 2. The molecule has 32 heavy (non-hydrogen) atoms. The van der Waals surface area contributed by atoms with Crippen molar-refractivity contribution >= 4 is 28.2 Å². The SMILES string of the molecule is C.Cc1ccc(C(=O)CCc2ccc3c(N)nccc3c2)c(NCC2CCN(C)CC2)n1. The second-order valence-corrected chi connectivity index (χ2v) is 8.65. The summed E-state index contributed by atoms with van der Waals surface area (Å²) in [6.45, 7) is 5.09. The minimum absolute atomic E-state index is 0. The first-order valence-electron chi connectivity index (χ1n) is 11.1. The molecule has 0 unspecified atom stereocenters. The Labute approximate surface area is 191 Å². The van der Waals surface area contributed by atoms with Gasteiger partial charge < -0.3 is 16.0 Å². The van der Waals surface area contributed by atoms with Crippen LogP contribution in [-0.2, 0) is 6.42 Å². The lowest BCUT2D eigenvalue weighted by atomic mass is 9.97. The summed E-state index contributed by atoms with van der Waals surface area (Å²) in [7, 11) is 2.17. The predicted molar refractivity (Wildman–Crippen MR) is 133 cm³/mol. The van der Waals surface area contributed by atoms with Crippen LogP contribution in [0.4, 0.5) is 11.6 Å². The summed E-state index contributed by atoms with van der Waals surface area (Å²) in [6.07, 6.45) is 5.20. The molecule has 1 aromatic carbocycles. The minimum Gasteiger partial charge on any atom is -0.383 e. The highest BCUT2D eigenvalue weighted by atomic mass is 16.1. The number of carbonyl (C=O) groups is 1. The standard InChI is InChI=1S/C25H31N5O.CH4/c1-17-3-6-22(25(29-17)28-16-19-10-13-30(2)14-11-19)23(31)8-5-18-4-7-21-20(15-18)9-12-27-24(21)26;/h3-4,6-7,9,12,15,19H,5,8,10-11,13-14,16H2,1-2H3,(H2,26,27)(H,28,29);1H4. The van der Waals surface area contributed by atoms with Crippen molar-refractivity contribution in [2.45, 2.75) is 40.0 Å². The molecule has 170 valence electrons. The van der Waals surface area contributed by atoms with Crippen LogP contribution in [0.15, 0.2) is 42.6 Å². The molecule has 0 spiro atoms. The monoisotopic (exact) mass is 433 g/mol. The van der Waals surface area contributed by atoms with Crippen molar-refractivity contribution in [2.24, 2.45) is 5.92 Å². The van der Waals surface area contributed by atoms with Crippen molar-refractivity contribution in [3.63, 3.8) is 0 Å². The molecule has 0 amide bonds. The summed E-state index contributed by atoms with van der Waals surface area (Å²) in [5.41, 5.74) is 8.67. The first kappa shape index (κ1) is 23.7. The highest BCUT2D eigenvalue weighted by Crippen LogP contribution is 2.23. The van der Waals surface area contributed by atoms with Crippen LogP contribution < -0.4 is 11.1 Å². The van der Waals surface area contributed by atoms with Gasteiger partial charge in [0, 0.05) is 30.2 Å². The van der Waals surface area contributed by atoms with E-state index in [0.29, 0.717) is 30.1 Å². The van der Waals surface area contributed by atoms with Crippen LogP contribution in [0.2, 0.25) is 0 Å². The Morgan fingerprint density at radius 2 is 1.97 bits per heavy atom. The van der Waals surface area contributed by atoms with Crippen LogP contribution in [0.1, 0.15) is 48.3 Å². The van der Waals surface area contributed by atoms with Crippen LogP contribution in [0, 0.1) is 12.8 Å². The van der Waals surface area contributed by atoms with E-state index in [-0.39, 0.29) is 13.2 Å². The molecule has 0 bridgehead atoms. The van der Waals surface area contributed by atoms with Crippen molar-refractivity contribution in [1.82, 2.24) is 14.9 Å². The number of fused-ring (bicyclic) bond motifs is 1. The maximum Gasteiger partial charge on any atom is 0.166 e. The fourth-order valence-corrected chi connectivity index (χ4v) is 4.22. The average molecular weight is 434 g/mol. The molecule has 6 heteroatoms. The zero-order valence-corrected chi connectivity index (χ0v) is 18.4. The Hall–Kier alpha value is -2.99. The van der Waals surface area contributed by atoms with E-state index in [1.165, 1.54) is 12.8 Å². The quantitative estimate of drug-likeness (QED) is 0.524. The predicted octanol–water partition coefficient (Wildman–Crippen LogP) is 4.73. The zero-order chi connectivity index (χ0) is 21.8. The van der Waals surface area contributed by atoms with Crippen LogP contribution in [0.3, 0.4) is 0 Å². The van der Waals surface area contributed by atoms with Gasteiger partial charge in [-0.05, 0) is 81.4 Å². The number of hydrogen-bond donors (Lipinski definition) is 2. The van der Waals surface area contributed by atoms with Gasteiger partial charge in [-0.1, -0.05) is 25.6 Å². The molecule has 1 aliphatic heterocycles. The van der Waals surface area contributed by atoms with Crippen molar-refractivity contribution in [3.8, 4) is 0 Å². The number of rotatable bonds is 7. The number of nitrogens with one attached hydrogen (secondary N) is 1. The number of pyridine rings is 2. The van der Waals surface area contributed by atoms with E-state index in [2.05, 4.69) is 33.3 Å². The van der Waals surface area contributed by atoms with Crippen LogP contribution >= 0.6 is 0 Å². The number of nitrogens with zero attached hydrogens (tertiary/aromatic N) is 3. The van der Waals surface area contributed by atoms with E-state index >= 15 is 0 Å². The third kappa shape index (κ3) is 5.62. The normalized spacial score (nSPS) is 14.8. The zero-order valence-electron chi connectivity index (χ0n) is 18.4. The first-order chi connectivity index (χ1) is 15.0. The maximum absolute atomic E-state index is 13.0. The van der Waals surface area contributed by atoms with Gasteiger partial charge >= 0.3 is 0 Å². The van der Waals surface area contributed by atoms with Gasteiger partial charge in [-0.15, -0.1) is 0 Å². The number of ketones is 1. The van der Waals surface area contributed by atoms with Crippen LogP contribution in [-0.4, -0.2) is 47.3 Å². The largest absolute Gasteiger partial charge is 0.383 e. The van der Waals surface area contributed by atoms with Crippen LogP contribution in [0.5, 0.6) is 0 Å². The Bertz CT molecular complexity index is 1070. The minimum atomic E-state index is 0. The highest BCUT2D eigenvalue weighted by Gasteiger charge is 2.18. The molecule has 3 N–H and O–H groups in total. The summed E-state index contributed by atoms with van der Waals surface area (Å²) in [6, 6.07) is 11.9. The maximum atomic E-state index is 13.0. The molecule has 0 saturated carbocycles. The molecule has 0 aliphatic carbocycles. The summed E-state index contributed by atoms with van der Waals surface area (Å²) >= 11 is 0. The molecular formula is C26H35N5O. The first-order valence-corrected chi connectivity index (χ1v) is 11.1. The van der Waals surface area contributed by atoms with E-state index in [1.54, 1.807) is 6.20 Å². The van der Waals surface area contributed by atoms with E-state index in [4.69, 9.17) is 5.73 Å². The van der Waals surface area contributed by atoms with Crippen molar-refractivity contribution < 1.29 is 4.79 Å². The topological polar surface area (TPSA) is 84.1 Å². The van der Waals surface area contributed by atoms with Gasteiger partial charge in [0.1, 0.15) is 11.6 Å². The third-order valence-electron chi connectivity index (χ3n) is 6.23. The lowest BCUT2D eigenvalue weighted by Gasteiger charge is -2.29. The van der Waals surface area contributed by atoms with Gasteiger partial charge in [0.05, 0.1) is 5.56 Å². The van der Waals surface area contributed by atoms with Gasteiger partial charge in [-0.3, -0.25) is 4.79 Å². The highest BCUT2D eigenvalue weighted by molar-refractivity contribution is 6.00. The number of piperidine rings is 1. The number of anilines is 2. The van der Waals surface area contributed by atoms with E-state index < -0.39 is 0 Å². The molecule has 1 saturated heterocycles. The van der Waals surface area contributed by atoms with Crippen molar-refractivity contribution in [1.29, 1.82) is 0 Å². The molecule has 3 heterocycles. The lowest BCUT2D eigenvalue weighted by Crippen LogP contribution is -2.33. The van der Waals surface area contributed by atoms with E-state index in [9.17, 15) is 4.79 Å². The third-order valence-corrected chi connectivity index (χ3v) is 6.23. The summed E-state index contributed by atoms with van der Waals surface area (Å²) in [5, 5.41) is 5.47. The molecule has 6 nitrogen and oxygen atoms in total. The van der Waals surface area contributed by atoms with Gasteiger partial charge in [-0.25, -0.2) is 9.97 Å². The fourth-order valence-electron chi connectivity index (χ4n) is 4.22. The molecule has 1 fully saturated rings. The second kappa shape index (κ2) is 10.6. The van der Waals surface area contributed by atoms with Gasteiger partial charge in [0.15, 0.2) is 5.78 Å². The molecule has 4 rings (SSSR count). The van der Waals surface area contributed by atoms with Gasteiger partial charge in [0.2, 0.25) is 0 Å². The lowest BCUT2D eigenvalue weighted by molar-refractivity contribution is 0.0983. The molecular weight excluding hydrogens is 398 g/mol. The molecule has 3 aromatic rings. The molecule has 1 aliphatic rings. The Morgan fingerprint density at radius 1 is 1.19 bits per heavy atom. The number of likely N-dealkylation sites (tertiary alicyclic amines) is 1. The number of hydrogen-bond acceptors (Lipinski definition) is 6. The summed E-state index contributed by atoms with van der Waals surface area (Å²) < 4.78 is 0. The summed E-state index contributed by atoms with van der Waals surface area (Å²) in [4.78, 5) is 24.2. The number of benzene rings is 1. The Morgan fingerprint density at radius 3 is 2.75 bits per heavy atom. The summed E-state index contributed by atoms with van der Waals surface area (Å²) in [5.74, 6) is 2.00. The average Bonchev–Trinajstić information content (AvgIpc) is 2.77. The smallest absolute Gasteiger partial charge is 0.166 e. The number of aryl methyl sites for hydroxylation is 2. The van der Waals surface area contributed by atoms with E-state index in [1.807, 2.05) is 37.3 Å². The molecule has 0 radical (unpaired) electrons. The molecule has 2 aromatic heterocycles. The number of nitrogen functional groups attached to an aromatic ring is 1.